The van der Waals surface area contributed by atoms with Crippen LogP contribution in [0.4, 0.5) is 5.69 Å². The van der Waals surface area contributed by atoms with Crippen molar-refractivity contribution in [2.24, 2.45) is 5.10 Å². The van der Waals surface area contributed by atoms with E-state index in [2.05, 4.69) is 20.7 Å². The largest absolute Gasteiger partial charge is 0.454 e. The van der Waals surface area contributed by atoms with Crippen molar-refractivity contribution in [1.82, 2.24) is 15.6 Å². The minimum atomic E-state index is -0.569. The van der Waals surface area contributed by atoms with Crippen LogP contribution in [-0.2, 0) is 0 Å². The molecular weight excluding hydrogens is 294 g/mol. The van der Waals surface area contributed by atoms with Gasteiger partial charge in [0.05, 0.1) is 22.8 Å². The third kappa shape index (κ3) is 2.57. The standard InChI is InChI=1S/C12H9N5O5/c18-12(8-1-2-13-15-8)16-14-5-7-3-10-11(22-6-21-10)4-9(7)17(19)20/h1-5H,6H2,(H,13,15)(H,16,18)/b14-5+. The summed E-state index contributed by atoms with van der Waals surface area (Å²) in [5, 5.41) is 20.8. The van der Waals surface area contributed by atoms with Gasteiger partial charge < -0.3 is 9.47 Å². The molecule has 2 heterocycles. The van der Waals surface area contributed by atoms with Crippen molar-refractivity contribution >= 4 is 17.8 Å². The van der Waals surface area contributed by atoms with Gasteiger partial charge in [-0.25, -0.2) is 5.43 Å². The Morgan fingerprint density at radius 1 is 1.45 bits per heavy atom. The average Bonchev–Trinajstić information content (AvgIpc) is 3.17. The Hall–Kier alpha value is -3.43. The molecule has 2 aromatic rings. The van der Waals surface area contributed by atoms with Gasteiger partial charge in [0.25, 0.3) is 11.6 Å². The van der Waals surface area contributed by atoms with Crippen LogP contribution in [0.1, 0.15) is 16.1 Å². The van der Waals surface area contributed by atoms with Gasteiger partial charge in [-0.3, -0.25) is 20.0 Å². The number of aromatic nitrogens is 2. The summed E-state index contributed by atoms with van der Waals surface area (Å²) in [7, 11) is 0. The molecule has 1 aromatic carbocycles. The predicted octanol–water partition coefficient (Wildman–Crippen LogP) is 0.810. The van der Waals surface area contributed by atoms with Crippen molar-refractivity contribution in [2.75, 3.05) is 6.79 Å². The monoisotopic (exact) mass is 303 g/mol. The van der Waals surface area contributed by atoms with E-state index in [0.717, 1.165) is 6.21 Å². The predicted molar refractivity (Wildman–Crippen MR) is 72.9 cm³/mol. The van der Waals surface area contributed by atoms with E-state index in [1.54, 1.807) is 0 Å². The molecule has 0 atom stereocenters. The number of aromatic amines is 1. The molecule has 0 spiro atoms. The fourth-order valence-electron chi connectivity index (χ4n) is 1.81. The Labute approximate surface area is 122 Å². The zero-order valence-electron chi connectivity index (χ0n) is 11.0. The zero-order valence-corrected chi connectivity index (χ0v) is 11.0. The number of H-pyrrole nitrogens is 1. The molecule has 0 radical (unpaired) electrons. The Morgan fingerprint density at radius 3 is 2.91 bits per heavy atom. The third-order valence-corrected chi connectivity index (χ3v) is 2.83. The number of amides is 1. The Balaban J connectivity index is 1.81. The number of nitro benzene ring substituents is 1. The van der Waals surface area contributed by atoms with E-state index in [-0.39, 0.29) is 23.7 Å². The van der Waals surface area contributed by atoms with E-state index in [0.29, 0.717) is 11.5 Å². The minimum Gasteiger partial charge on any atom is -0.454 e. The summed E-state index contributed by atoms with van der Waals surface area (Å²) >= 11 is 0. The summed E-state index contributed by atoms with van der Waals surface area (Å²) in [5.74, 6) is 0.162. The second-order valence-electron chi connectivity index (χ2n) is 4.19. The van der Waals surface area contributed by atoms with E-state index in [1.807, 2.05) is 0 Å². The van der Waals surface area contributed by atoms with E-state index < -0.39 is 10.8 Å². The molecule has 1 aliphatic rings. The highest BCUT2D eigenvalue weighted by Crippen LogP contribution is 2.37. The lowest BCUT2D eigenvalue weighted by molar-refractivity contribution is -0.385. The van der Waals surface area contributed by atoms with Crippen LogP contribution >= 0.6 is 0 Å². The highest BCUT2D eigenvalue weighted by molar-refractivity contribution is 5.93. The van der Waals surface area contributed by atoms with Crippen molar-refractivity contribution in [1.29, 1.82) is 0 Å². The molecule has 0 unspecified atom stereocenters. The Bertz CT molecular complexity index is 756. The summed E-state index contributed by atoms with van der Waals surface area (Å²) in [4.78, 5) is 22.1. The normalized spacial score (nSPS) is 12.5. The summed E-state index contributed by atoms with van der Waals surface area (Å²) in [6.07, 6.45) is 2.58. The average molecular weight is 303 g/mol. The molecule has 2 N–H and O–H groups in total. The van der Waals surface area contributed by atoms with Crippen molar-refractivity contribution in [3.8, 4) is 11.5 Å². The van der Waals surface area contributed by atoms with Crippen molar-refractivity contribution in [3.63, 3.8) is 0 Å². The molecule has 112 valence electrons. The van der Waals surface area contributed by atoms with Gasteiger partial charge in [-0.05, 0) is 12.1 Å². The lowest BCUT2D eigenvalue weighted by Gasteiger charge is -2.00. The number of ether oxygens (including phenoxy) is 2. The maximum absolute atomic E-state index is 11.6. The van der Waals surface area contributed by atoms with E-state index in [9.17, 15) is 14.9 Å². The molecule has 0 saturated carbocycles. The van der Waals surface area contributed by atoms with Crippen LogP contribution in [0.25, 0.3) is 0 Å². The summed E-state index contributed by atoms with van der Waals surface area (Å²) in [6.45, 7) is 0.00361. The number of hydrazone groups is 1. The molecular formula is C12H9N5O5. The van der Waals surface area contributed by atoms with Crippen LogP contribution in [0.15, 0.2) is 29.5 Å². The number of rotatable bonds is 4. The molecule has 1 aromatic heterocycles. The van der Waals surface area contributed by atoms with Crippen molar-refractivity contribution < 1.29 is 19.2 Å². The first-order valence-corrected chi connectivity index (χ1v) is 6.06. The maximum atomic E-state index is 11.6. The second kappa shape index (κ2) is 5.52. The zero-order chi connectivity index (χ0) is 15.5. The van der Waals surface area contributed by atoms with E-state index in [4.69, 9.17) is 9.47 Å². The number of nitrogens with one attached hydrogen (secondary N) is 2. The van der Waals surface area contributed by atoms with Crippen LogP contribution in [0, 0.1) is 10.1 Å². The third-order valence-electron chi connectivity index (χ3n) is 2.83. The van der Waals surface area contributed by atoms with E-state index >= 15 is 0 Å². The van der Waals surface area contributed by atoms with Crippen LogP contribution in [0.2, 0.25) is 0 Å². The van der Waals surface area contributed by atoms with Gasteiger partial charge in [0.2, 0.25) is 6.79 Å². The molecule has 1 aliphatic heterocycles. The van der Waals surface area contributed by atoms with Gasteiger partial charge in [-0.15, -0.1) is 0 Å². The van der Waals surface area contributed by atoms with Crippen LogP contribution in [0.5, 0.6) is 11.5 Å². The Morgan fingerprint density at radius 2 is 2.23 bits per heavy atom. The molecule has 0 fully saturated rings. The van der Waals surface area contributed by atoms with Crippen molar-refractivity contribution in [3.05, 3.63) is 45.8 Å². The summed E-state index contributed by atoms with van der Waals surface area (Å²) in [5.41, 5.74) is 2.43. The number of benzene rings is 1. The quantitative estimate of drug-likeness (QED) is 0.488. The van der Waals surface area contributed by atoms with Crippen LogP contribution in [0.3, 0.4) is 0 Å². The van der Waals surface area contributed by atoms with Gasteiger partial charge in [0.1, 0.15) is 5.69 Å². The van der Waals surface area contributed by atoms with Crippen LogP contribution < -0.4 is 14.9 Å². The van der Waals surface area contributed by atoms with Gasteiger partial charge in [0, 0.05) is 6.20 Å². The first-order valence-electron chi connectivity index (χ1n) is 6.06. The number of carbonyl (C=O) groups is 1. The smallest absolute Gasteiger partial charge is 0.289 e. The minimum absolute atomic E-state index is 0.00361. The second-order valence-corrected chi connectivity index (χ2v) is 4.19. The number of hydrogen-bond acceptors (Lipinski definition) is 7. The lowest BCUT2D eigenvalue weighted by atomic mass is 10.1. The number of hydrogen-bond donors (Lipinski definition) is 2. The molecule has 10 nitrogen and oxygen atoms in total. The molecule has 3 rings (SSSR count). The molecule has 10 heteroatoms. The SMILES string of the molecule is O=C(N/N=C/c1cc2c(cc1[N+](=O)[O-])OCO2)c1ccn[nH]1. The van der Waals surface area contributed by atoms with E-state index in [1.165, 1.54) is 24.4 Å². The summed E-state index contributed by atoms with van der Waals surface area (Å²) < 4.78 is 10.2. The number of fused-ring (bicyclic) bond motifs is 1. The fraction of sp³-hybridized carbons (Fsp3) is 0.0833. The number of nitro groups is 1. The Kier molecular flexibility index (Phi) is 3.40. The van der Waals surface area contributed by atoms with Gasteiger partial charge in [-0.2, -0.15) is 10.2 Å². The molecule has 1 amide bonds. The lowest BCUT2D eigenvalue weighted by Crippen LogP contribution is -2.18. The van der Waals surface area contributed by atoms with Gasteiger partial charge in [-0.1, -0.05) is 0 Å². The molecule has 0 aliphatic carbocycles. The number of nitrogens with zero attached hydrogens (tertiary/aromatic N) is 3. The fourth-order valence-corrected chi connectivity index (χ4v) is 1.81. The molecule has 22 heavy (non-hydrogen) atoms. The number of carbonyl (C=O) groups excluding carboxylic acids is 1. The van der Waals surface area contributed by atoms with Gasteiger partial charge >= 0.3 is 0 Å². The first kappa shape index (κ1) is 13.5. The first-order chi connectivity index (χ1) is 10.6. The van der Waals surface area contributed by atoms with Crippen molar-refractivity contribution in [2.45, 2.75) is 0 Å². The summed E-state index contributed by atoms with van der Waals surface area (Å²) in [6, 6.07) is 4.14. The maximum Gasteiger partial charge on any atom is 0.289 e. The molecule has 0 saturated heterocycles. The van der Waals surface area contributed by atoms with Gasteiger partial charge in [0.15, 0.2) is 11.5 Å². The van der Waals surface area contributed by atoms with Crippen LogP contribution in [-0.4, -0.2) is 34.0 Å². The highest BCUT2D eigenvalue weighted by Gasteiger charge is 2.22. The topological polar surface area (TPSA) is 132 Å². The highest BCUT2D eigenvalue weighted by atomic mass is 16.7. The molecule has 0 bridgehead atoms.